The molecule has 1 heterocycles. The van der Waals surface area contributed by atoms with E-state index in [2.05, 4.69) is 15.3 Å². The SMILES string of the molecule is Cc1cnc(SCCCC(=O)Nc2cccc(N)c2)nc1. The van der Waals surface area contributed by atoms with E-state index in [4.69, 9.17) is 5.73 Å². The number of benzene rings is 1. The number of amides is 1. The van der Waals surface area contributed by atoms with Gasteiger partial charge in [0.15, 0.2) is 5.16 Å². The Hall–Kier alpha value is -2.08. The van der Waals surface area contributed by atoms with Gasteiger partial charge in [-0.3, -0.25) is 4.79 Å². The Morgan fingerprint density at radius 3 is 2.81 bits per heavy atom. The third kappa shape index (κ3) is 5.43. The summed E-state index contributed by atoms with van der Waals surface area (Å²) < 4.78 is 0. The molecule has 2 rings (SSSR count). The van der Waals surface area contributed by atoms with E-state index in [1.165, 1.54) is 0 Å². The van der Waals surface area contributed by atoms with E-state index in [-0.39, 0.29) is 5.91 Å². The number of anilines is 2. The first-order chi connectivity index (χ1) is 10.1. The highest BCUT2D eigenvalue weighted by molar-refractivity contribution is 7.99. The van der Waals surface area contributed by atoms with Gasteiger partial charge in [0, 0.05) is 35.9 Å². The van der Waals surface area contributed by atoms with Gasteiger partial charge in [0.2, 0.25) is 5.91 Å². The van der Waals surface area contributed by atoms with Gasteiger partial charge in [-0.15, -0.1) is 0 Å². The molecule has 0 aliphatic heterocycles. The van der Waals surface area contributed by atoms with Crippen molar-refractivity contribution in [2.45, 2.75) is 24.9 Å². The molecule has 1 aromatic heterocycles. The van der Waals surface area contributed by atoms with Crippen LogP contribution in [0.3, 0.4) is 0 Å². The lowest BCUT2D eigenvalue weighted by atomic mass is 10.2. The monoisotopic (exact) mass is 302 g/mol. The van der Waals surface area contributed by atoms with E-state index < -0.39 is 0 Å². The van der Waals surface area contributed by atoms with Gasteiger partial charge < -0.3 is 11.1 Å². The Morgan fingerprint density at radius 2 is 2.10 bits per heavy atom. The first-order valence-corrected chi connectivity index (χ1v) is 7.69. The minimum absolute atomic E-state index is 0.00831. The lowest BCUT2D eigenvalue weighted by Crippen LogP contribution is -2.11. The number of rotatable bonds is 6. The smallest absolute Gasteiger partial charge is 0.224 e. The summed E-state index contributed by atoms with van der Waals surface area (Å²) in [4.78, 5) is 20.2. The highest BCUT2D eigenvalue weighted by Gasteiger charge is 2.03. The van der Waals surface area contributed by atoms with Crippen LogP contribution < -0.4 is 11.1 Å². The molecule has 0 saturated heterocycles. The summed E-state index contributed by atoms with van der Waals surface area (Å²) in [5, 5.41) is 3.58. The Balaban J connectivity index is 1.68. The number of nitrogens with two attached hydrogens (primary N) is 1. The van der Waals surface area contributed by atoms with Gasteiger partial charge in [-0.25, -0.2) is 9.97 Å². The number of hydrogen-bond donors (Lipinski definition) is 2. The fourth-order valence-electron chi connectivity index (χ4n) is 1.69. The zero-order valence-electron chi connectivity index (χ0n) is 11.9. The molecule has 5 nitrogen and oxygen atoms in total. The molecule has 0 aliphatic rings. The molecular formula is C15H18N4OS. The van der Waals surface area contributed by atoms with Crippen molar-refractivity contribution in [1.82, 2.24) is 9.97 Å². The summed E-state index contributed by atoms with van der Waals surface area (Å²) in [7, 11) is 0. The van der Waals surface area contributed by atoms with Crippen molar-refractivity contribution >= 4 is 29.0 Å². The van der Waals surface area contributed by atoms with Gasteiger partial charge in [-0.2, -0.15) is 0 Å². The number of thioether (sulfide) groups is 1. The highest BCUT2D eigenvalue weighted by atomic mass is 32.2. The fourth-order valence-corrected chi connectivity index (χ4v) is 2.42. The third-order valence-corrected chi connectivity index (χ3v) is 3.67. The average Bonchev–Trinajstić information content (AvgIpc) is 2.45. The van der Waals surface area contributed by atoms with Crippen LogP contribution in [0, 0.1) is 6.92 Å². The Bertz CT molecular complexity index is 601. The van der Waals surface area contributed by atoms with E-state index >= 15 is 0 Å². The number of carbonyl (C=O) groups is 1. The molecule has 6 heteroatoms. The lowest BCUT2D eigenvalue weighted by Gasteiger charge is -2.05. The van der Waals surface area contributed by atoms with Crippen LogP contribution in [-0.4, -0.2) is 21.6 Å². The predicted molar refractivity (Wildman–Crippen MR) is 86.2 cm³/mol. The van der Waals surface area contributed by atoms with Crippen LogP contribution in [0.2, 0.25) is 0 Å². The number of hydrogen-bond acceptors (Lipinski definition) is 5. The molecule has 0 aliphatic carbocycles. The van der Waals surface area contributed by atoms with Gasteiger partial charge >= 0.3 is 0 Å². The van der Waals surface area contributed by atoms with Crippen LogP contribution in [-0.2, 0) is 4.79 Å². The van der Waals surface area contributed by atoms with Crippen molar-refractivity contribution in [3.05, 3.63) is 42.2 Å². The number of nitrogens with zero attached hydrogens (tertiary/aromatic N) is 2. The zero-order valence-corrected chi connectivity index (χ0v) is 12.7. The first-order valence-electron chi connectivity index (χ1n) is 6.70. The average molecular weight is 302 g/mol. The van der Waals surface area contributed by atoms with Crippen molar-refractivity contribution in [2.75, 3.05) is 16.8 Å². The number of carbonyl (C=O) groups excluding carboxylic acids is 1. The first kappa shape index (κ1) is 15.3. The molecule has 1 amide bonds. The number of nitrogens with one attached hydrogen (secondary N) is 1. The standard InChI is InChI=1S/C15H18N4OS/c1-11-9-17-15(18-10-11)21-7-3-6-14(20)19-13-5-2-4-12(16)8-13/h2,4-5,8-10H,3,6-7,16H2,1H3,(H,19,20). The minimum atomic E-state index is -0.00831. The number of nitrogen functional groups attached to an aromatic ring is 1. The Kier molecular flexibility index (Phi) is 5.57. The second-order valence-corrected chi connectivity index (χ2v) is 5.73. The quantitative estimate of drug-likeness (QED) is 0.371. The van der Waals surface area contributed by atoms with Gasteiger partial charge in [-0.05, 0) is 37.1 Å². The Morgan fingerprint density at radius 1 is 1.33 bits per heavy atom. The molecule has 0 unspecified atom stereocenters. The topological polar surface area (TPSA) is 80.9 Å². The van der Waals surface area contributed by atoms with Crippen molar-refractivity contribution < 1.29 is 4.79 Å². The molecule has 0 bridgehead atoms. The van der Waals surface area contributed by atoms with Crippen LogP contribution in [0.1, 0.15) is 18.4 Å². The molecule has 2 aromatic rings. The van der Waals surface area contributed by atoms with Crippen LogP contribution in [0.15, 0.2) is 41.8 Å². The van der Waals surface area contributed by atoms with E-state index in [0.717, 1.165) is 28.6 Å². The van der Waals surface area contributed by atoms with Crippen LogP contribution in [0.4, 0.5) is 11.4 Å². The summed E-state index contributed by atoms with van der Waals surface area (Å²) in [6.45, 7) is 1.95. The molecule has 110 valence electrons. The molecule has 0 atom stereocenters. The largest absolute Gasteiger partial charge is 0.399 e. The summed E-state index contributed by atoms with van der Waals surface area (Å²) in [5.41, 5.74) is 8.07. The van der Waals surface area contributed by atoms with Gasteiger partial charge in [0.25, 0.3) is 0 Å². The van der Waals surface area contributed by atoms with Crippen molar-refractivity contribution in [3.63, 3.8) is 0 Å². The maximum absolute atomic E-state index is 11.8. The van der Waals surface area contributed by atoms with Gasteiger partial charge in [-0.1, -0.05) is 17.8 Å². The number of aromatic nitrogens is 2. The summed E-state index contributed by atoms with van der Waals surface area (Å²) in [6.07, 6.45) is 4.83. The van der Waals surface area contributed by atoms with Crippen molar-refractivity contribution in [2.24, 2.45) is 0 Å². The van der Waals surface area contributed by atoms with Crippen molar-refractivity contribution in [1.29, 1.82) is 0 Å². The van der Waals surface area contributed by atoms with E-state index in [1.54, 1.807) is 36.3 Å². The predicted octanol–water partition coefficient (Wildman–Crippen LogP) is 2.88. The van der Waals surface area contributed by atoms with Gasteiger partial charge in [0.1, 0.15) is 0 Å². The molecule has 3 N–H and O–H groups in total. The molecule has 0 spiro atoms. The second-order valence-electron chi connectivity index (χ2n) is 4.67. The van der Waals surface area contributed by atoms with Crippen molar-refractivity contribution in [3.8, 4) is 0 Å². The molecule has 0 fully saturated rings. The second kappa shape index (κ2) is 7.64. The summed E-state index contributed by atoms with van der Waals surface area (Å²) in [5.74, 6) is 0.805. The molecule has 0 radical (unpaired) electrons. The third-order valence-electron chi connectivity index (χ3n) is 2.71. The number of aryl methyl sites for hydroxylation is 1. The minimum Gasteiger partial charge on any atom is -0.399 e. The van der Waals surface area contributed by atoms with Crippen LogP contribution in [0.25, 0.3) is 0 Å². The Labute approximate surface area is 128 Å². The van der Waals surface area contributed by atoms with Crippen LogP contribution in [0.5, 0.6) is 0 Å². The van der Waals surface area contributed by atoms with E-state index in [0.29, 0.717) is 12.1 Å². The maximum Gasteiger partial charge on any atom is 0.224 e. The van der Waals surface area contributed by atoms with E-state index in [1.807, 2.05) is 19.1 Å². The van der Waals surface area contributed by atoms with Crippen LogP contribution >= 0.6 is 11.8 Å². The molecule has 21 heavy (non-hydrogen) atoms. The summed E-state index contributed by atoms with van der Waals surface area (Å²) in [6, 6.07) is 7.17. The molecule has 0 saturated carbocycles. The van der Waals surface area contributed by atoms with Gasteiger partial charge in [0.05, 0.1) is 0 Å². The van der Waals surface area contributed by atoms with E-state index in [9.17, 15) is 4.79 Å². The highest BCUT2D eigenvalue weighted by Crippen LogP contribution is 2.15. The summed E-state index contributed by atoms with van der Waals surface area (Å²) >= 11 is 1.56. The normalized spacial score (nSPS) is 10.3. The fraction of sp³-hybridized carbons (Fsp3) is 0.267. The lowest BCUT2D eigenvalue weighted by molar-refractivity contribution is -0.116. The maximum atomic E-state index is 11.8. The molecule has 1 aromatic carbocycles. The molecular weight excluding hydrogens is 284 g/mol. The zero-order chi connectivity index (χ0) is 15.1.